The molecule has 4 N–H and O–H groups in total. The summed E-state index contributed by atoms with van der Waals surface area (Å²) in [6, 6.07) is 2.11. The molecule has 2 aromatic heterocycles. The summed E-state index contributed by atoms with van der Waals surface area (Å²) in [6.07, 6.45) is 3.22. The molecule has 18 heavy (non-hydrogen) atoms. The summed E-state index contributed by atoms with van der Waals surface area (Å²) in [4.78, 5) is 10.9. The summed E-state index contributed by atoms with van der Waals surface area (Å²) in [5.74, 6) is 7.85. The van der Waals surface area contributed by atoms with E-state index in [-0.39, 0.29) is 0 Å². The molecule has 0 saturated heterocycles. The van der Waals surface area contributed by atoms with Crippen LogP contribution in [0.2, 0.25) is 0 Å². The van der Waals surface area contributed by atoms with Crippen LogP contribution in [-0.4, -0.2) is 28.5 Å². The lowest BCUT2D eigenvalue weighted by molar-refractivity contribution is 0.981. The lowest BCUT2D eigenvalue weighted by Crippen LogP contribution is -2.12. The number of nitrogens with two attached hydrogens (primary N) is 1. The SMILES string of the molecule is CSCCCNc1nc(NN)nc2sc(C)cc12. The van der Waals surface area contributed by atoms with E-state index in [1.54, 1.807) is 11.3 Å². The van der Waals surface area contributed by atoms with Crippen LogP contribution >= 0.6 is 23.1 Å². The summed E-state index contributed by atoms with van der Waals surface area (Å²) >= 11 is 3.50. The molecule has 0 spiro atoms. The van der Waals surface area contributed by atoms with Crippen molar-refractivity contribution in [2.45, 2.75) is 13.3 Å². The second-order valence-corrected chi connectivity index (χ2v) is 6.11. The van der Waals surface area contributed by atoms with Crippen molar-refractivity contribution in [1.29, 1.82) is 0 Å². The number of hydrogen-bond acceptors (Lipinski definition) is 7. The molecule has 0 atom stereocenters. The first-order valence-electron chi connectivity index (χ1n) is 5.72. The van der Waals surface area contributed by atoms with E-state index < -0.39 is 0 Å². The zero-order chi connectivity index (χ0) is 13.0. The Balaban J connectivity index is 2.23. The molecule has 7 heteroatoms. The summed E-state index contributed by atoms with van der Waals surface area (Å²) < 4.78 is 0. The van der Waals surface area contributed by atoms with Crippen LogP contribution in [0.5, 0.6) is 0 Å². The number of anilines is 2. The monoisotopic (exact) mass is 283 g/mol. The van der Waals surface area contributed by atoms with Crippen molar-refractivity contribution in [1.82, 2.24) is 9.97 Å². The molecule has 98 valence electrons. The second-order valence-electron chi connectivity index (χ2n) is 3.89. The van der Waals surface area contributed by atoms with Gasteiger partial charge in [-0.3, -0.25) is 5.43 Å². The van der Waals surface area contributed by atoms with Crippen LogP contribution in [0.25, 0.3) is 10.2 Å². The summed E-state index contributed by atoms with van der Waals surface area (Å²) in [5, 5.41) is 4.43. The molecule has 2 aromatic rings. The fourth-order valence-corrected chi connectivity index (χ4v) is 2.98. The molecule has 0 amide bonds. The predicted molar refractivity (Wildman–Crippen MR) is 81.5 cm³/mol. The molecular weight excluding hydrogens is 266 g/mol. The van der Waals surface area contributed by atoms with Crippen molar-refractivity contribution in [3.8, 4) is 0 Å². The Morgan fingerprint density at radius 2 is 2.28 bits per heavy atom. The molecule has 0 aliphatic heterocycles. The highest BCUT2D eigenvalue weighted by Crippen LogP contribution is 2.29. The van der Waals surface area contributed by atoms with Crippen molar-refractivity contribution in [3.63, 3.8) is 0 Å². The van der Waals surface area contributed by atoms with Gasteiger partial charge in [0.2, 0.25) is 5.95 Å². The number of thioether (sulfide) groups is 1. The van der Waals surface area contributed by atoms with Gasteiger partial charge in [-0.15, -0.1) is 11.3 Å². The minimum atomic E-state index is 0.455. The molecule has 0 aliphatic rings. The maximum Gasteiger partial charge on any atom is 0.240 e. The fourth-order valence-electron chi connectivity index (χ4n) is 1.66. The van der Waals surface area contributed by atoms with E-state index in [9.17, 15) is 0 Å². The zero-order valence-electron chi connectivity index (χ0n) is 10.5. The minimum absolute atomic E-state index is 0.455. The predicted octanol–water partition coefficient (Wildman–Crippen LogP) is 2.45. The van der Waals surface area contributed by atoms with Crippen LogP contribution in [0.4, 0.5) is 11.8 Å². The van der Waals surface area contributed by atoms with Gasteiger partial charge in [-0.2, -0.15) is 16.7 Å². The molecule has 2 rings (SSSR count). The number of hydrogen-bond donors (Lipinski definition) is 3. The van der Waals surface area contributed by atoms with Crippen LogP contribution in [0.3, 0.4) is 0 Å². The number of hydrazine groups is 1. The molecule has 2 heterocycles. The lowest BCUT2D eigenvalue weighted by Gasteiger charge is -2.07. The summed E-state index contributed by atoms with van der Waals surface area (Å²) in [6.45, 7) is 2.98. The number of nitrogens with zero attached hydrogens (tertiary/aromatic N) is 2. The van der Waals surface area contributed by atoms with Gasteiger partial charge in [0.15, 0.2) is 0 Å². The van der Waals surface area contributed by atoms with Gasteiger partial charge in [0.1, 0.15) is 10.6 Å². The summed E-state index contributed by atoms with van der Waals surface area (Å²) in [5.41, 5.74) is 2.51. The number of aromatic nitrogens is 2. The van der Waals surface area contributed by atoms with Crippen LogP contribution < -0.4 is 16.6 Å². The first kappa shape index (κ1) is 13.4. The van der Waals surface area contributed by atoms with Gasteiger partial charge in [-0.25, -0.2) is 10.8 Å². The topological polar surface area (TPSA) is 75.9 Å². The third kappa shape index (κ3) is 3.04. The molecule has 0 aromatic carbocycles. The quantitative estimate of drug-likeness (QED) is 0.429. The standard InChI is InChI=1S/C11H17N5S2/c1-7-6-8-9(13-4-3-5-17-2)14-11(16-12)15-10(8)18-7/h6H,3-5,12H2,1-2H3,(H2,13,14,15,16). The van der Waals surface area contributed by atoms with E-state index in [1.165, 1.54) is 4.88 Å². The molecule has 0 saturated carbocycles. The van der Waals surface area contributed by atoms with Gasteiger partial charge in [0.25, 0.3) is 0 Å². The first-order chi connectivity index (χ1) is 8.74. The third-order valence-corrected chi connectivity index (χ3v) is 4.10. The fraction of sp³-hybridized carbons (Fsp3) is 0.455. The molecule has 0 radical (unpaired) electrons. The van der Waals surface area contributed by atoms with Crippen molar-refractivity contribution >= 4 is 45.1 Å². The average Bonchev–Trinajstić information content (AvgIpc) is 2.74. The Morgan fingerprint density at radius 3 is 3.00 bits per heavy atom. The Kier molecular flexibility index (Phi) is 4.62. The van der Waals surface area contributed by atoms with E-state index in [0.29, 0.717) is 5.95 Å². The second kappa shape index (κ2) is 6.21. The van der Waals surface area contributed by atoms with E-state index in [2.05, 4.69) is 40.0 Å². The van der Waals surface area contributed by atoms with Gasteiger partial charge >= 0.3 is 0 Å². The molecule has 5 nitrogen and oxygen atoms in total. The number of thiophene rings is 1. The maximum absolute atomic E-state index is 5.39. The molecule has 0 fully saturated rings. The zero-order valence-corrected chi connectivity index (χ0v) is 12.1. The average molecular weight is 283 g/mol. The largest absolute Gasteiger partial charge is 0.369 e. The third-order valence-electron chi connectivity index (χ3n) is 2.46. The molecule has 0 bridgehead atoms. The minimum Gasteiger partial charge on any atom is -0.369 e. The van der Waals surface area contributed by atoms with Crippen LogP contribution in [0.1, 0.15) is 11.3 Å². The van der Waals surface area contributed by atoms with E-state index in [4.69, 9.17) is 5.84 Å². The number of rotatable bonds is 6. The van der Waals surface area contributed by atoms with Gasteiger partial charge in [0.05, 0.1) is 5.39 Å². The van der Waals surface area contributed by atoms with Gasteiger partial charge in [0, 0.05) is 11.4 Å². The number of nitrogens with one attached hydrogen (secondary N) is 2. The smallest absolute Gasteiger partial charge is 0.240 e. The van der Waals surface area contributed by atoms with Gasteiger partial charge in [-0.1, -0.05) is 0 Å². The van der Waals surface area contributed by atoms with Crippen LogP contribution in [-0.2, 0) is 0 Å². The van der Waals surface area contributed by atoms with Crippen molar-refractivity contribution in [2.75, 3.05) is 29.3 Å². The van der Waals surface area contributed by atoms with Crippen molar-refractivity contribution < 1.29 is 0 Å². The highest BCUT2D eigenvalue weighted by Gasteiger charge is 2.09. The number of fused-ring (bicyclic) bond motifs is 1. The van der Waals surface area contributed by atoms with E-state index in [1.807, 2.05) is 11.8 Å². The van der Waals surface area contributed by atoms with Gasteiger partial charge < -0.3 is 5.32 Å². The van der Waals surface area contributed by atoms with E-state index in [0.717, 1.165) is 34.8 Å². The molecule has 0 unspecified atom stereocenters. The number of nitrogen functional groups attached to an aromatic ring is 1. The maximum atomic E-state index is 5.39. The van der Waals surface area contributed by atoms with E-state index >= 15 is 0 Å². The van der Waals surface area contributed by atoms with Crippen LogP contribution in [0, 0.1) is 6.92 Å². The van der Waals surface area contributed by atoms with Crippen LogP contribution in [0.15, 0.2) is 6.07 Å². The Labute approximate surface area is 115 Å². The van der Waals surface area contributed by atoms with Gasteiger partial charge in [-0.05, 0) is 31.4 Å². The first-order valence-corrected chi connectivity index (χ1v) is 7.93. The number of aryl methyl sites for hydroxylation is 1. The normalized spacial score (nSPS) is 10.8. The lowest BCUT2D eigenvalue weighted by atomic mass is 10.3. The highest BCUT2D eigenvalue weighted by molar-refractivity contribution is 7.98. The Morgan fingerprint density at radius 1 is 1.44 bits per heavy atom. The Bertz CT molecular complexity index is 525. The molecular formula is C11H17N5S2. The van der Waals surface area contributed by atoms with Crippen molar-refractivity contribution in [3.05, 3.63) is 10.9 Å². The molecule has 0 aliphatic carbocycles. The summed E-state index contributed by atoms with van der Waals surface area (Å²) in [7, 11) is 0. The van der Waals surface area contributed by atoms with Crippen molar-refractivity contribution in [2.24, 2.45) is 5.84 Å². The Hall–Kier alpha value is -1.05. The highest BCUT2D eigenvalue weighted by atomic mass is 32.2.